The van der Waals surface area contributed by atoms with Gasteiger partial charge in [0.05, 0.1) is 22.7 Å². The normalized spacial score (nSPS) is 14.9. The van der Waals surface area contributed by atoms with Gasteiger partial charge in [0.25, 0.3) is 0 Å². The zero-order valence-electron chi connectivity index (χ0n) is 21.7. The highest BCUT2D eigenvalue weighted by Gasteiger charge is 2.30. The molecule has 10 heteroatoms. The first kappa shape index (κ1) is 28.9. The number of benzene rings is 2. The van der Waals surface area contributed by atoms with Crippen molar-refractivity contribution in [3.8, 4) is 0 Å². The number of para-hydroxylation sites is 1. The third-order valence-electron chi connectivity index (χ3n) is 6.75. The maximum absolute atomic E-state index is 13.1. The van der Waals surface area contributed by atoms with Gasteiger partial charge in [0.1, 0.15) is 6.04 Å². The predicted octanol–water partition coefficient (Wildman–Crippen LogP) is 5.42. The number of hydrogen-bond acceptors (Lipinski definition) is 6. The van der Waals surface area contributed by atoms with Crippen molar-refractivity contribution in [1.82, 2.24) is 15.2 Å². The molecule has 1 saturated heterocycles. The molecule has 0 bridgehead atoms. The van der Waals surface area contributed by atoms with Crippen LogP contribution in [0.4, 0.5) is 0 Å². The van der Waals surface area contributed by atoms with Crippen LogP contribution < -0.4 is 5.32 Å². The number of ether oxygens (including phenoxy) is 1. The van der Waals surface area contributed by atoms with Crippen LogP contribution in [0, 0.1) is 5.92 Å². The van der Waals surface area contributed by atoms with Crippen LogP contribution in [0.15, 0.2) is 59.5 Å². The van der Waals surface area contributed by atoms with E-state index in [-0.39, 0.29) is 24.2 Å². The predicted molar refractivity (Wildman–Crippen MR) is 156 cm³/mol. The van der Waals surface area contributed by atoms with Crippen molar-refractivity contribution < 1.29 is 19.1 Å². The molecule has 2 heterocycles. The summed E-state index contributed by atoms with van der Waals surface area (Å²) in [4.78, 5) is 45.5. The molecule has 2 amide bonds. The molecule has 0 aliphatic carbocycles. The van der Waals surface area contributed by atoms with Crippen LogP contribution in [-0.4, -0.2) is 60.2 Å². The van der Waals surface area contributed by atoms with Crippen molar-refractivity contribution in [2.45, 2.75) is 30.2 Å². The Kier molecular flexibility index (Phi) is 9.88. The molecule has 0 spiro atoms. The molecule has 39 heavy (non-hydrogen) atoms. The summed E-state index contributed by atoms with van der Waals surface area (Å²) in [5.41, 5.74) is 2.16. The minimum atomic E-state index is -0.854. The number of carbonyl (C=O) groups is 3. The number of methoxy groups -OCH3 is 1. The molecule has 1 fully saturated rings. The van der Waals surface area contributed by atoms with Gasteiger partial charge in [-0.15, -0.1) is 11.8 Å². The Bertz CT molecular complexity index is 1410. The molecule has 0 radical (unpaired) electrons. The summed E-state index contributed by atoms with van der Waals surface area (Å²) in [5, 5.41) is 4.71. The molecule has 1 aliphatic rings. The van der Waals surface area contributed by atoms with Crippen LogP contribution in [0.2, 0.25) is 10.0 Å². The van der Waals surface area contributed by atoms with Gasteiger partial charge in [0, 0.05) is 47.5 Å². The fourth-order valence-electron chi connectivity index (χ4n) is 4.52. The number of pyridine rings is 1. The zero-order chi connectivity index (χ0) is 27.9. The second kappa shape index (κ2) is 13.3. The number of carbonyl (C=O) groups excluding carboxylic acids is 3. The number of rotatable bonds is 8. The average Bonchev–Trinajstić information content (AvgIpc) is 2.97. The third-order valence-corrected chi connectivity index (χ3v) is 8.54. The molecule has 1 aliphatic heterocycles. The van der Waals surface area contributed by atoms with Crippen LogP contribution in [0.3, 0.4) is 0 Å². The lowest BCUT2D eigenvalue weighted by atomic mass is 9.95. The van der Waals surface area contributed by atoms with E-state index in [0.29, 0.717) is 47.2 Å². The summed E-state index contributed by atoms with van der Waals surface area (Å²) < 4.78 is 4.94. The number of aromatic nitrogens is 1. The number of halogens is 2. The number of nitrogens with zero attached hydrogens (tertiary/aromatic N) is 2. The van der Waals surface area contributed by atoms with E-state index in [0.717, 1.165) is 15.8 Å². The Balaban J connectivity index is 1.33. The SMILES string of the molecule is COC(=O)C(Cc1ccc2ccccc2n1)NC(=O)C1CCN(C(=O)C=Cc2ccc(SC)c(Cl)c2Cl)CC1. The van der Waals surface area contributed by atoms with E-state index in [1.807, 2.05) is 54.8 Å². The van der Waals surface area contributed by atoms with Crippen LogP contribution in [0.5, 0.6) is 0 Å². The number of esters is 1. The van der Waals surface area contributed by atoms with Gasteiger partial charge in [-0.25, -0.2) is 4.79 Å². The van der Waals surface area contributed by atoms with E-state index in [9.17, 15) is 14.4 Å². The number of fused-ring (bicyclic) bond motifs is 1. The van der Waals surface area contributed by atoms with E-state index < -0.39 is 12.0 Å². The maximum Gasteiger partial charge on any atom is 0.328 e. The summed E-state index contributed by atoms with van der Waals surface area (Å²) in [7, 11) is 1.30. The van der Waals surface area contributed by atoms with Crippen LogP contribution in [-0.2, 0) is 25.5 Å². The first-order valence-corrected chi connectivity index (χ1v) is 14.5. The molecular formula is C29H29Cl2N3O4S. The lowest BCUT2D eigenvalue weighted by Crippen LogP contribution is -2.48. The number of hydrogen-bond donors (Lipinski definition) is 1. The molecule has 2 aromatic carbocycles. The smallest absolute Gasteiger partial charge is 0.328 e. The van der Waals surface area contributed by atoms with Crippen molar-refractivity contribution in [3.05, 3.63) is 75.9 Å². The zero-order valence-corrected chi connectivity index (χ0v) is 24.0. The fraction of sp³-hybridized carbons (Fsp3) is 0.310. The summed E-state index contributed by atoms with van der Waals surface area (Å²) in [5.74, 6) is -1.24. The highest BCUT2D eigenvalue weighted by molar-refractivity contribution is 7.98. The van der Waals surface area contributed by atoms with E-state index in [1.165, 1.54) is 24.9 Å². The van der Waals surface area contributed by atoms with E-state index >= 15 is 0 Å². The van der Waals surface area contributed by atoms with Gasteiger partial charge < -0.3 is 15.0 Å². The fourth-order valence-corrected chi connectivity index (χ4v) is 5.69. The molecule has 204 valence electrons. The van der Waals surface area contributed by atoms with Crippen LogP contribution in [0.25, 0.3) is 17.0 Å². The highest BCUT2D eigenvalue weighted by atomic mass is 35.5. The van der Waals surface area contributed by atoms with Gasteiger partial charge in [-0.3, -0.25) is 14.6 Å². The molecule has 1 N–H and O–H groups in total. The molecule has 4 rings (SSSR count). The summed E-state index contributed by atoms with van der Waals surface area (Å²) in [6, 6.07) is 14.3. The lowest BCUT2D eigenvalue weighted by molar-refractivity contribution is -0.145. The third kappa shape index (κ3) is 7.12. The highest BCUT2D eigenvalue weighted by Crippen LogP contribution is 2.35. The van der Waals surface area contributed by atoms with E-state index in [2.05, 4.69) is 10.3 Å². The molecule has 1 aromatic heterocycles. The van der Waals surface area contributed by atoms with Crippen molar-refractivity contribution >= 4 is 69.7 Å². The Morgan fingerprint density at radius 3 is 2.56 bits per heavy atom. The second-order valence-corrected chi connectivity index (χ2v) is 10.8. The summed E-state index contributed by atoms with van der Waals surface area (Å²) in [6.45, 7) is 0.854. The quantitative estimate of drug-likeness (QED) is 0.216. The first-order chi connectivity index (χ1) is 18.8. The summed E-state index contributed by atoms with van der Waals surface area (Å²) in [6.07, 6.45) is 6.24. The van der Waals surface area contributed by atoms with Gasteiger partial charge in [0.15, 0.2) is 0 Å². The Hall–Kier alpha value is -3.07. The topological polar surface area (TPSA) is 88.6 Å². The molecule has 3 aromatic rings. The first-order valence-electron chi connectivity index (χ1n) is 12.5. The number of thioether (sulfide) groups is 1. The van der Waals surface area contributed by atoms with E-state index in [1.54, 1.807) is 11.0 Å². The average molecular weight is 587 g/mol. The maximum atomic E-state index is 13.1. The van der Waals surface area contributed by atoms with Gasteiger partial charge in [-0.05, 0) is 48.9 Å². The van der Waals surface area contributed by atoms with Crippen LogP contribution in [0.1, 0.15) is 24.1 Å². The number of amides is 2. The van der Waals surface area contributed by atoms with Crippen molar-refractivity contribution in [2.75, 3.05) is 26.5 Å². The van der Waals surface area contributed by atoms with E-state index in [4.69, 9.17) is 27.9 Å². The monoisotopic (exact) mass is 585 g/mol. The Morgan fingerprint density at radius 2 is 1.85 bits per heavy atom. The van der Waals surface area contributed by atoms with Gasteiger partial charge in [-0.2, -0.15) is 0 Å². The molecule has 0 saturated carbocycles. The minimum absolute atomic E-state index is 0.162. The largest absolute Gasteiger partial charge is 0.467 e. The second-order valence-electron chi connectivity index (χ2n) is 9.20. The minimum Gasteiger partial charge on any atom is -0.467 e. The van der Waals surface area contributed by atoms with Crippen molar-refractivity contribution in [1.29, 1.82) is 0 Å². The standard InChI is InChI=1S/C29H29Cl2N3O4S/c1-38-29(37)23(17-21-10-7-18-5-3-4-6-22(18)32-21)33-28(36)20-13-15-34(16-14-20)25(35)12-9-19-8-11-24(39-2)27(31)26(19)30/h3-12,20,23H,13-17H2,1-2H3,(H,33,36). The Morgan fingerprint density at radius 1 is 1.10 bits per heavy atom. The summed E-state index contributed by atoms with van der Waals surface area (Å²) >= 11 is 14.1. The molecule has 1 unspecified atom stereocenters. The number of nitrogens with one attached hydrogen (secondary N) is 1. The lowest BCUT2D eigenvalue weighted by Gasteiger charge is -2.31. The number of likely N-dealkylation sites (tertiary alicyclic amines) is 1. The van der Waals surface area contributed by atoms with Gasteiger partial charge >= 0.3 is 5.97 Å². The van der Waals surface area contributed by atoms with Crippen LogP contribution >= 0.6 is 35.0 Å². The molecule has 1 atom stereocenters. The van der Waals surface area contributed by atoms with Gasteiger partial charge in [0.2, 0.25) is 11.8 Å². The molecule has 7 nitrogen and oxygen atoms in total. The van der Waals surface area contributed by atoms with Crippen molar-refractivity contribution in [2.24, 2.45) is 5.92 Å². The van der Waals surface area contributed by atoms with Gasteiger partial charge in [-0.1, -0.05) is 53.5 Å². The number of piperidine rings is 1. The Labute approximate surface area is 241 Å². The van der Waals surface area contributed by atoms with Crippen molar-refractivity contribution in [3.63, 3.8) is 0 Å². The molecular weight excluding hydrogens is 557 g/mol.